The second kappa shape index (κ2) is 9.69. The maximum Gasteiger partial charge on any atom is 0.335 e. The van der Waals surface area contributed by atoms with Crippen LogP contribution in [0.1, 0.15) is 22.8 Å². The molecule has 1 aromatic heterocycles. The van der Waals surface area contributed by atoms with Crippen LogP contribution in [0.15, 0.2) is 58.1 Å². The number of aromatic nitrogens is 2. The van der Waals surface area contributed by atoms with Crippen LogP contribution in [0.3, 0.4) is 0 Å². The number of carbonyl (C=O) groups excluding carboxylic acids is 1. The average Bonchev–Trinajstić information content (AvgIpc) is 2.78. The van der Waals surface area contributed by atoms with E-state index in [0.717, 1.165) is 10.6 Å². The summed E-state index contributed by atoms with van der Waals surface area (Å²) in [7, 11) is 2.98. The van der Waals surface area contributed by atoms with Crippen molar-refractivity contribution in [3.63, 3.8) is 0 Å². The molecule has 0 spiro atoms. The van der Waals surface area contributed by atoms with Crippen molar-refractivity contribution in [1.29, 1.82) is 0 Å². The minimum absolute atomic E-state index is 0.250. The number of nitrogens with zero attached hydrogens (tertiary/aromatic N) is 1. The molecule has 2 N–H and O–H groups in total. The maximum absolute atomic E-state index is 12.8. The van der Waals surface area contributed by atoms with E-state index in [1.54, 1.807) is 30.3 Å². The Morgan fingerprint density at radius 3 is 2.38 bits per heavy atom. The molecule has 0 atom stereocenters. The van der Waals surface area contributed by atoms with Gasteiger partial charge < -0.3 is 19.3 Å². The standard InChI is InChI=1S/C23H22N2O7/c1-4-32-16-8-6-15(7-9-16)25-22(28)20(21(27)24-23(25)29)18(26)11-5-14-13-17(30-2)10-12-19(14)31-3/h5-13,28H,4H2,1-3H3,(H,24,27,29). The molecular weight excluding hydrogens is 416 g/mol. The molecule has 0 radical (unpaired) electrons. The Bertz CT molecular complexity index is 1270. The minimum atomic E-state index is -0.998. The predicted molar refractivity (Wildman–Crippen MR) is 118 cm³/mol. The van der Waals surface area contributed by atoms with Crippen molar-refractivity contribution in [3.8, 4) is 28.8 Å². The summed E-state index contributed by atoms with van der Waals surface area (Å²) in [6.45, 7) is 2.30. The molecule has 0 fully saturated rings. The van der Waals surface area contributed by atoms with E-state index in [1.807, 2.05) is 6.92 Å². The molecule has 2 aromatic carbocycles. The Morgan fingerprint density at radius 2 is 1.75 bits per heavy atom. The molecule has 0 saturated carbocycles. The van der Waals surface area contributed by atoms with Gasteiger partial charge in [0.05, 0.1) is 26.5 Å². The number of methoxy groups -OCH3 is 2. The van der Waals surface area contributed by atoms with Crippen LogP contribution in [0.2, 0.25) is 0 Å². The van der Waals surface area contributed by atoms with E-state index in [0.29, 0.717) is 29.4 Å². The lowest BCUT2D eigenvalue weighted by atomic mass is 10.1. The minimum Gasteiger partial charge on any atom is -0.497 e. The number of hydrogen-bond donors (Lipinski definition) is 2. The van der Waals surface area contributed by atoms with Gasteiger partial charge in [-0.25, -0.2) is 9.36 Å². The number of aromatic hydroxyl groups is 1. The molecule has 0 bridgehead atoms. The molecule has 166 valence electrons. The van der Waals surface area contributed by atoms with Crippen LogP contribution in [0.4, 0.5) is 0 Å². The van der Waals surface area contributed by atoms with Gasteiger partial charge in [-0.15, -0.1) is 0 Å². The topological polar surface area (TPSA) is 120 Å². The van der Waals surface area contributed by atoms with E-state index in [-0.39, 0.29) is 5.69 Å². The highest BCUT2D eigenvalue weighted by molar-refractivity contribution is 6.08. The number of hydrogen-bond acceptors (Lipinski definition) is 7. The molecule has 0 aliphatic carbocycles. The number of carbonyl (C=O) groups is 1. The van der Waals surface area contributed by atoms with Crippen LogP contribution in [0, 0.1) is 0 Å². The summed E-state index contributed by atoms with van der Waals surface area (Å²) in [5.41, 5.74) is -1.68. The number of nitrogens with one attached hydrogen (secondary N) is 1. The van der Waals surface area contributed by atoms with Gasteiger partial charge in [0.25, 0.3) is 5.56 Å². The first-order chi connectivity index (χ1) is 15.4. The molecule has 0 saturated heterocycles. The number of benzene rings is 2. The lowest BCUT2D eigenvalue weighted by Crippen LogP contribution is -2.32. The van der Waals surface area contributed by atoms with Gasteiger partial charge in [-0.3, -0.25) is 14.6 Å². The summed E-state index contributed by atoms with van der Waals surface area (Å²) in [5.74, 6) is 0.0261. The van der Waals surface area contributed by atoms with E-state index in [9.17, 15) is 19.5 Å². The summed E-state index contributed by atoms with van der Waals surface area (Å²) >= 11 is 0. The normalized spacial score (nSPS) is 10.8. The van der Waals surface area contributed by atoms with Gasteiger partial charge in [0, 0.05) is 5.56 Å². The lowest BCUT2D eigenvalue weighted by Gasteiger charge is -2.11. The summed E-state index contributed by atoms with van der Waals surface area (Å²) < 4.78 is 16.6. The molecular formula is C23H22N2O7. The van der Waals surface area contributed by atoms with Crippen LogP contribution in [-0.2, 0) is 0 Å². The molecule has 9 heteroatoms. The summed E-state index contributed by atoms with van der Waals surface area (Å²) in [6, 6.07) is 11.3. The number of ketones is 1. The summed E-state index contributed by atoms with van der Waals surface area (Å²) in [4.78, 5) is 39.5. The summed E-state index contributed by atoms with van der Waals surface area (Å²) in [6.07, 6.45) is 2.53. The average molecular weight is 438 g/mol. The first-order valence-electron chi connectivity index (χ1n) is 9.65. The number of ether oxygens (including phenoxy) is 3. The first kappa shape index (κ1) is 22.4. The van der Waals surface area contributed by atoms with Crippen molar-refractivity contribution in [3.05, 3.63) is 80.5 Å². The van der Waals surface area contributed by atoms with E-state index in [4.69, 9.17) is 14.2 Å². The van der Waals surface area contributed by atoms with Crippen molar-refractivity contribution in [2.75, 3.05) is 20.8 Å². The van der Waals surface area contributed by atoms with E-state index in [2.05, 4.69) is 4.98 Å². The smallest absolute Gasteiger partial charge is 0.335 e. The molecule has 9 nitrogen and oxygen atoms in total. The van der Waals surface area contributed by atoms with Crippen molar-refractivity contribution in [2.45, 2.75) is 6.92 Å². The van der Waals surface area contributed by atoms with E-state index >= 15 is 0 Å². The van der Waals surface area contributed by atoms with Crippen molar-refractivity contribution < 1.29 is 24.1 Å². The van der Waals surface area contributed by atoms with Gasteiger partial charge in [0.2, 0.25) is 5.88 Å². The molecule has 0 unspecified atom stereocenters. The fourth-order valence-electron chi connectivity index (χ4n) is 3.06. The number of H-pyrrole nitrogens is 1. The fourth-order valence-corrected chi connectivity index (χ4v) is 3.06. The van der Waals surface area contributed by atoms with Crippen molar-refractivity contribution >= 4 is 11.9 Å². The zero-order chi connectivity index (χ0) is 23.3. The number of allylic oxidation sites excluding steroid dienone is 1. The monoisotopic (exact) mass is 438 g/mol. The zero-order valence-corrected chi connectivity index (χ0v) is 17.7. The van der Waals surface area contributed by atoms with Gasteiger partial charge in [0.1, 0.15) is 22.8 Å². The highest BCUT2D eigenvalue weighted by Gasteiger charge is 2.20. The highest BCUT2D eigenvalue weighted by Crippen LogP contribution is 2.26. The van der Waals surface area contributed by atoms with Crippen molar-refractivity contribution in [1.82, 2.24) is 9.55 Å². The first-order valence-corrected chi connectivity index (χ1v) is 9.65. The van der Waals surface area contributed by atoms with Gasteiger partial charge in [-0.2, -0.15) is 0 Å². The number of aromatic amines is 1. The third-order valence-corrected chi connectivity index (χ3v) is 4.59. The predicted octanol–water partition coefficient (Wildman–Crippen LogP) is 2.54. The molecule has 1 heterocycles. The quantitative estimate of drug-likeness (QED) is 0.410. The second-order valence-corrected chi connectivity index (χ2v) is 6.53. The molecule has 3 rings (SSSR count). The maximum atomic E-state index is 12.8. The molecule has 0 aliphatic heterocycles. The molecule has 3 aromatic rings. The second-order valence-electron chi connectivity index (χ2n) is 6.53. The molecule has 0 aliphatic rings. The van der Waals surface area contributed by atoms with Crippen molar-refractivity contribution in [2.24, 2.45) is 0 Å². The third kappa shape index (κ3) is 4.56. The van der Waals surface area contributed by atoms with Crippen LogP contribution in [-0.4, -0.2) is 41.3 Å². The summed E-state index contributed by atoms with van der Waals surface area (Å²) in [5, 5.41) is 10.6. The van der Waals surface area contributed by atoms with Crippen LogP contribution in [0.5, 0.6) is 23.1 Å². The van der Waals surface area contributed by atoms with E-state index < -0.39 is 28.5 Å². The van der Waals surface area contributed by atoms with Gasteiger partial charge in [-0.05, 0) is 61.5 Å². The van der Waals surface area contributed by atoms with Crippen LogP contribution < -0.4 is 25.5 Å². The van der Waals surface area contributed by atoms with Crippen LogP contribution in [0.25, 0.3) is 11.8 Å². The Kier molecular flexibility index (Phi) is 6.79. The van der Waals surface area contributed by atoms with Gasteiger partial charge in [-0.1, -0.05) is 0 Å². The number of rotatable bonds is 8. The fraction of sp³-hybridized carbons (Fsp3) is 0.174. The largest absolute Gasteiger partial charge is 0.497 e. The zero-order valence-electron chi connectivity index (χ0n) is 17.7. The Labute approximate surface area is 183 Å². The van der Waals surface area contributed by atoms with E-state index in [1.165, 1.54) is 32.4 Å². The third-order valence-electron chi connectivity index (χ3n) is 4.59. The van der Waals surface area contributed by atoms with Crippen LogP contribution >= 0.6 is 0 Å². The molecule has 32 heavy (non-hydrogen) atoms. The lowest BCUT2D eigenvalue weighted by molar-refractivity contribution is 0.104. The van der Waals surface area contributed by atoms with Gasteiger partial charge in [0.15, 0.2) is 5.78 Å². The Balaban J connectivity index is 2.02. The SMILES string of the molecule is CCOc1ccc(-n2c(O)c(C(=O)C=Cc3cc(OC)ccc3OC)c(=O)[nH]c2=O)cc1. The van der Waals surface area contributed by atoms with Gasteiger partial charge >= 0.3 is 5.69 Å². The molecule has 0 amide bonds. The Hall–Kier alpha value is -4.27. The highest BCUT2D eigenvalue weighted by atomic mass is 16.5. The Morgan fingerprint density at radius 1 is 1.06 bits per heavy atom.